The van der Waals surface area contributed by atoms with E-state index in [-0.39, 0.29) is 0 Å². The molecule has 1 aliphatic heterocycles. The molecule has 5 heteroatoms. The van der Waals surface area contributed by atoms with Gasteiger partial charge in [-0.2, -0.15) is 0 Å². The van der Waals surface area contributed by atoms with Crippen molar-refractivity contribution in [3.05, 3.63) is 42.2 Å². The van der Waals surface area contributed by atoms with Crippen LogP contribution in [-0.4, -0.2) is 16.5 Å². The van der Waals surface area contributed by atoms with Crippen molar-refractivity contribution in [1.82, 2.24) is 9.97 Å². The molecule has 5 nitrogen and oxygen atoms in total. The van der Waals surface area contributed by atoms with Crippen molar-refractivity contribution in [2.45, 2.75) is 19.3 Å². The van der Waals surface area contributed by atoms with E-state index in [0.29, 0.717) is 5.82 Å². The van der Waals surface area contributed by atoms with E-state index >= 15 is 0 Å². The summed E-state index contributed by atoms with van der Waals surface area (Å²) < 4.78 is 0. The van der Waals surface area contributed by atoms with Crippen LogP contribution in [0.5, 0.6) is 0 Å². The van der Waals surface area contributed by atoms with E-state index in [1.165, 1.54) is 24.0 Å². The van der Waals surface area contributed by atoms with Crippen LogP contribution in [0.4, 0.5) is 17.3 Å². The van der Waals surface area contributed by atoms with Gasteiger partial charge in [0.1, 0.15) is 18.0 Å². The first-order valence-electron chi connectivity index (χ1n) is 6.52. The standard InChI is InChI=1S/C14H17N5/c15-18-13-9-14(17-10-16-13)19-8-4-3-6-11-5-1-2-7-12(11)19/h1-2,5,7,9-10H,3-4,6,8,15H2,(H,16,17,18). The second kappa shape index (κ2) is 5.24. The van der Waals surface area contributed by atoms with Crippen LogP contribution < -0.4 is 16.2 Å². The summed E-state index contributed by atoms with van der Waals surface area (Å²) in [6.45, 7) is 0.970. The number of rotatable bonds is 2. The number of nitrogens with two attached hydrogens (primary N) is 1. The molecule has 0 saturated heterocycles. The fourth-order valence-electron chi connectivity index (χ4n) is 2.50. The van der Waals surface area contributed by atoms with Gasteiger partial charge in [0.05, 0.1) is 0 Å². The molecule has 0 unspecified atom stereocenters. The van der Waals surface area contributed by atoms with Crippen LogP contribution in [0, 0.1) is 0 Å². The summed E-state index contributed by atoms with van der Waals surface area (Å²) in [5.74, 6) is 6.93. The molecular weight excluding hydrogens is 238 g/mol. The van der Waals surface area contributed by atoms with Crippen LogP contribution in [0.2, 0.25) is 0 Å². The topological polar surface area (TPSA) is 67.1 Å². The van der Waals surface area contributed by atoms with E-state index in [9.17, 15) is 0 Å². The van der Waals surface area contributed by atoms with Gasteiger partial charge < -0.3 is 10.3 Å². The van der Waals surface area contributed by atoms with Crippen molar-refractivity contribution < 1.29 is 0 Å². The van der Waals surface area contributed by atoms with E-state index in [4.69, 9.17) is 5.84 Å². The van der Waals surface area contributed by atoms with Gasteiger partial charge >= 0.3 is 0 Å². The third kappa shape index (κ3) is 2.37. The number of nitrogens with one attached hydrogen (secondary N) is 1. The van der Waals surface area contributed by atoms with Gasteiger partial charge in [-0.15, -0.1) is 0 Å². The number of aryl methyl sites for hydroxylation is 1. The number of nitrogen functional groups attached to an aromatic ring is 1. The summed E-state index contributed by atoms with van der Waals surface area (Å²) in [6, 6.07) is 10.4. The summed E-state index contributed by atoms with van der Waals surface area (Å²) in [6.07, 6.45) is 5.03. The van der Waals surface area contributed by atoms with Crippen LogP contribution in [0.1, 0.15) is 18.4 Å². The lowest BCUT2D eigenvalue weighted by molar-refractivity contribution is 0.757. The molecule has 2 aromatic rings. The Morgan fingerprint density at radius 3 is 2.95 bits per heavy atom. The second-order valence-electron chi connectivity index (χ2n) is 4.64. The van der Waals surface area contributed by atoms with Gasteiger partial charge in [0.15, 0.2) is 0 Å². The van der Waals surface area contributed by atoms with Crippen LogP contribution in [0.25, 0.3) is 0 Å². The Morgan fingerprint density at radius 2 is 2.05 bits per heavy atom. The van der Waals surface area contributed by atoms with Crippen molar-refractivity contribution in [2.75, 3.05) is 16.9 Å². The number of nitrogens with zero attached hydrogens (tertiary/aromatic N) is 3. The zero-order chi connectivity index (χ0) is 13.1. The van der Waals surface area contributed by atoms with E-state index < -0.39 is 0 Å². The monoisotopic (exact) mass is 255 g/mol. The quantitative estimate of drug-likeness (QED) is 0.636. The average Bonchev–Trinajstić information content (AvgIpc) is 2.69. The fourth-order valence-corrected chi connectivity index (χ4v) is 2.50. The first kappa shape index (κ1) is 11.9. The molecule has 0 bridgehead atoms. The van der Waals surface area contributed by atoms with Gasteiger partial charge in [-0.05, 0) is 30.9 Å². The highest BCUT2D eigenvalue weighted by Crippen LogP contribution is 2.31. The zero-order valence-corrected chi connectivity index (χ0v) is 10.7. The summed E-state index contributed by atoms with van der Waals surface area (Å²) in [4.78, 5) is 10.7. The van der Waals surface area contributed by atoms with E-state index in [1.54, 1.807) is 0 Å². The molecular formula is C14H17N5. The van der Waals surface area contributed by atoms with Crippen molar-refractivity contribution in [2.24, 2.45) is 5.84 Å². The summed E-state index contributed by atoms with van der Waals surface area (Å²) in [5, 5.41) is 0. The Morgan fingerprint density at radius 1 is 1.16 bits per heavy atom. The largest absolute Gasteiger partial charge is 0.326 e. The molecule has 1 aromatic heterocycles. The normalized spacial score (nSPS) is 14.7. The molecule has 1 aromatic carbocycles. The van der Waals surface area contributed by atoms with Gasteiger partial charge in [0.25, 0.3) is 0 Å². The summed E-state index contributed by atoms with van der Waals surface area (Å²) >= 11 is 0. The second-order valence-corrected chi connectivity index (χ2v) is 4.64. The molecule has 98 valence electrons. The smallest absolute Gasteiger partial charge is 0.145 e. The maximum Gasteiger partial charge on any atom is 0.145 e. The third-order valence-electron chi connectivity index (χ3n) is 3.44. The summed E-state index contributed by atoms with van der Waals surface area (Å²) in [7, 11) is 0. The Kier molecular flexibility index (Phi) is 3.29. The van der Waals surface area contributed by atoms with Crippen molar-refractivity contribution in [3.63, 3.8) is 0 Å². The van der Waals surface area contributed by atoms with E-state index in [2.05, 4.69) is 44.6 Å². The van der Waals surface area contributed by atoms with Crippen molar-refractivity contribution in [3.8, 4) is 0 Å². The van der Waals surface area contributed by atoms with E-state index in [0.717, 1.165) is 25.2 Å². The zero-order valence-electron chi connectivity index (χ0n) is 10.7. The molecule has 0 radical (unpaired) electrons. The number of benzene rings is 1. The van der Waals surface area contributed by atoms with E-state index in [1.807, 2.05) is 6.07 Å². The Balaban J connectivity index is 2.03. The van der Waals surface area contributed by atoms with Gasteiger partial charge in [-0.25, -0.2) is 15.8 Å². The first-order valence-corrected chi connectivity index (χ1v) is 6.52. The molecule has 0 amide bonds. The molecule has 1 aliphatic rings. The molecule has 3 N–H and O–H groups in total. The highest BCUT2D eigenvalue weighted by atomic mass is 15.3. The average molecular weight is 255 g/mol. The molecule has 0 atom stereocenters. The summed E-state index contributed by atoms with van der Waals surface area (Å²) in [5.41, 5.74) is 5.18. The van der Waals surface area contributed by atoms with Gasteiger partial charge in [0, 0.05) is 18.3 Å². The predicted molar refractivity (Wildman–Crippen MR) is 76.2 cm³/mol. The first-order chi connectivity index (χ1) is 9.38. The number of hydrogen-bond donors (Lipinski definition) is 2. The number of anilines is 3. The van der Waals surface area contributed by atoms with Crippen molar-refractivity contribution in [1.29, 1.82) is 0 Å². The SMILES string of the molecule is NNc1cc(N2CCCCc3ccccc32)ncn1. The molecule has 0 fully saturated rings. The molecule has 2 heterocycles. The van der Waals surface area contributed by atoms with Crippen LogP contribution >= 0.6 is 0 Å². The highest BCUT2D eigenvalue weighted by molar-refractivity contribution is 5.66. The Bertz CT molecular complexity index is 569. The fraction of sp³-hybridized carbons (Fsp3) is 0.286. The Hall–Kier alpha value is -2.14. The molecule has 0 aliphatic carbocycles. The highest BCUT2D eigenvalue weighted by Gasteiger charge is 2.17. The number of fused-ring (bicyclic) bond motifs is 1. The maximum absolute atomic E-state index is 5.41. The lowest BCUT2D eigenvalue weighted by Gasteiger charge is -2.24. The minimum absolute atomic E-state index is 0.631. The third-order valence-corrected chi connectivity index (χ3v) is 3.44. The van der Waals surface area contributed by atoms with Gasteiger partial charge in [0.2, 0.25) is 0 Å². The van der Waals surface area contributed by atoms with Crippen molar-refractivity contribution >= 4 is 17.3 Å². The minimum atomic E-state index is 0.631. The number of para-hydroxylation sites is 1. The van der Waals surface area contributed by atoms with Crippen LogP contribution in [0.3, 0.4) is 0 Å². The molecule has 3 rings (SSSR count). The number of hydrazine groups is 1. The van der Waals surface area contributed by atoms with Crippen LogP contribution in [0.15, 0.2) is 36.7 Å². The van der Waals surface area contributed by atoms with Crippen LogP contribution in [-0.2, 0) is 6.42 Å². The number of hydrogen-bond acceptors (Lipinski definition) is 5. The number of aromatic nitrogens is 2. The molecule has 0 spiro atoms. The van der Waals surface area contributed by atoms with Gasteiger partial charge in [-0.1, -0.05) is 18.2 Å². The minimum Gasteiger partial charge on any atom is -0.326 e. The molecule has 0 saturated carbocycles. The maximum atomic E-state index is 5.41. The lowest BCUT2D eigenvalue weighted by atomic mass is 10.1. The lowest BCUT2D eigenvalue weighted by Crippen LogP contribution is -2.20. The Labute approximate surface area is 112 Å². The van der Waals surface area contributed by atoms with Gasteiger partial charge in [-0.3, -0.25) is 0 Å². The predicted octanol–water partition coefficient (Wildman–Crippen LogP) is 2.24. The molecule has 19 heavy (non-hydrogen) atoms.